The van der Waals surface area contributed by atoms with E-state index in [-0.39, 0.29) is 24.2 Å². The minimum absolute atomic E-state index is 0. The van der Waals surface area contributed by atoms with Crippen LogP contribution in [-0.4, -0.2) is 27.3 Å². The lowest BCUT2D eigenvalue weighted by Gasteiger charge is -2.22. The third-order valence-electron chi connectivity index (χ3n) is 7.02. The lowest BCUT2D eigenvalue weighted by atomic mass is 9.83. The van der Waals surface area contributed by atoms with Crippen molar-refractivity contribution < 1.29 is 9.59 Å². The summed E-state index contributed by atoms with van der Waals surface area (Å²) in [6, 6.07) is 14.0. The normalized spacial score (nSPS) is 18.1. The van der Waals surface area contributed by atoms with Gasteiger partial charge in [-0.05, 0) is 55.5 Å². The van der Waals surface area contributed by atoms with Crippen molar-refractivity contribution in [2.45, 2.75) is 19.3 Å². The van der Waals surface area contributed by atoms with Crippen LogP contribution in [0.5, 0.6) is 0 Å². The number of nitrogens with zero attached hydrogens (tertiary/aromatic N) is 2. The average Bonchev–Trinajstić information content (AvgIpc) is 3.41. The Morgan fingerprint density at radius 2 is 1.76 bits per heavy atom. The van der Waals surface area contributed by atoms with E-state index >= 15 is 0 Å². The number of carbonyl (C=O) groups is 2. The van der Waals surface area contributed by atoms with Crippen LogP contribution in [0.25, 0.3) is 27.6 Å². The highest BCUT2D eigenvalue weighted by Gasteiger charge is 2.38. The van der Waals surface area contributed by atoms with Crippen molar-refractivity contribution in [2.24, 2.45) is 18.7 Å². The van der Waals surface area contributed by atoms with Crippen molar-refractivity contribution >= 4 is 51.8 Å². The molecule has 0 fully saturated rings. The predicted octanol–water partition coefficient (Wildman–Crippen LogP) is 3.48. The van der Waals surface area contributed by atoms with Crippen LogP contribution in [0.2, 0.25) is 0 Å². The summed E-state index contributed by atoms with van der Waals surface area (Å²) in [7, 11) is 1.96. The summed E-state index contributed by atoms with van der Waals surface area (Å²) in [4.78, 5) is 26.4. The van der Waals surface area contributed by atoms with E-state index < -0.39 is 0 Å². The van der Waals surface area contributed by atoms with Gasteiger partial charge in [0.05, 0.1) is 16.7 Å². The zero-order valence-electron chi connectivity index (χ0n) is 18.3. The molecule has 4 aromatic rings. The molecule has 2 aliphatic rings. The Bertz CT molecular complexity index is 1480. The molecular formula is C26H25ClN4O2. The number of para-hydroxylation sites is 1. The summed E-state index contributed by atoms with van der Waals surface area (Å²) >= 11 is 0. The van der Waals surface area contributed by atoms with E-state index in [1.165, 1.54) is 5.69 Å². The molecule has 6 rings (SSSR count). The molecular weight excluding hydrogens is 436 g/mol. The molecule has 0 bridgehead atoms. The Morgan fingerprint density at radius 3 is 2.58 bits per heavy atom. The standard InChI is InChI=1S/C26H24N4O2.ClH/c1-29-14-18(16-6-2-3-7-19(16)29)23-24(26(32)28-25(23)31)22-17-12-15(13-27)9-10-20(17)30-11-5-4-8-21(22)30;/h2-8,11,14-15H,9-10,12-13,27H2,1H3,(H,28,31,32);1H. The number of aryl methyl sites for hydroxylation is 2. The molecule has 1 aromatic carbocycles. The fourth-order valence-electron chi connectivity index (χ4n) is 5.52. The number of amides is 2. The number of aromatic nitrogens is 2. The smallest absolute Gasteiger partial charge is 0.259 e. The summed E-state index contributed by atoms with van der Waals surface area (Å²) in [5.74, 6) is -0.288. The van der Waals surface area contributed by atoms with Gasteiger partial charge in [-0.3, -0.25) is 14.9 Å². The Kier molecular flexibility index (Phi) is 5.15. The molecule has 6 nitrogen and oxygen atoms in total. The molecule has 0 spiro atoms. The van der Waals surface area contributed by atoms with Crippen molar-refractivity contribution in [3.05, 3.63) is 77.2 Å². The first kappa shape index (κ1) is 21.5. The molecule has 0 radical (unpaired) electrons. The molecule has 33 heavy (non-hydrogen) atoms. The van der Waals surface area contributed by atoms with Gasteiger partial charge in [0.25, 0.3) is 11.8 Å². The van der Waals surface area contributed by atoms with Gasteiger partial charge in [-0.15, -0.1) is 12.4 Å². The van der Waals surface area contributed by atoms with Crippen molar-refractivity contribution in [3.63, 3.8) is 0 Å². The number of pyridine rings is 1. The average molecular weight is 461 g/mol. The van der Waals surface area contributed by atoms with Crippen LogP contribution in [0.1, 0.15) is 28.8 Å². The quantitative estimate of drug-likeness (QED) is 0.459. The summed E-state index contributed by atoms with van der Waals surface area (Å²) in [6.07, 6.45) is 6.76. The number of imide groups is 1. The zero-order chi connectivity index (χ0) is 22.0. The van der Waals surface area contributed by atoms with Crippen molar-refractivity contribution in [1.29, 1.82) is 0 Å². The topological polar surface area (TPSA) is 81.5 Å². The zero-order valence-corrected chi connectivity index (χ0v) is 19.1. The summed E-state index contributed by atoms with van der Waals surface area (Å²) < 4.78 is 4.18. The van der Waals surface area contributed by atoms with Gasteiger partial charge in [0.15, 0.2) is 0 Å². The Balaban J connectivity index is 0.00000228. The van der Waals surface area contributed by atoms with E-state index in [0.717, 1.165) is 52.4 Å². The van der Waals surface area contributed by atoms with Crippen LogP contribution in [0, 0.1) is 5.92 Å². The van der Waals surface area contributed by atoms with Crippen LogP contribution in [-0.2, 0) is 29.5 Å². The number of benzene rings is 1. The van der Waals surface area contributed by atoms with Gasteiger partial charge in [0.1, 0.15) is 0 Å². The Hall–Kier alpha value is -3.35. The number of carbonyl (C=O) groups excluding carboxylic acids is 2. The predicted molar refractivity (Wildman–Crippen MR) is 132 cm³/mol. The van der Waals surface area contributed by atoms with Gasteiger partial charge < -0.3 is 14.7 Å². The van der Waals surface area contributed by atoms with E-state index in [1.54, 1.807) is 0 Å². The van der Waals surface area contributed by atoms with Gasteiger partial charge >= 0.3 is 0 Å². The molecule has 1 aliphatic heterocycles. The van der Waals surface area contributed by atoms with Crippen LogP contribution < -0.4 is 11.1 Å². The summed E-state index contributed by atoms with van der Waals surface area (Å²) in [5.41, 5.74) is 13.0. The molecule has 1 unspecified atom stereocenters. The number of halogens is 1. The minimum Gasteiger partial charge on any atom is -0.350 e. The molecule has 4 heterocycles. The number of hydrogen-bond acceptors (Lipinski definition) is 3. The molecule has 0 saturated heterocycles. The number of fused-ring (bicyclic) bond motifs is 4. The van der Waals surface area contributed by atoms with E-state index in [4.69, 9.17) is 5.73 Å². The van der Waals surface area contributed by atoms with E-state index in [2.05, 4.69) is 9.72 Å². The van der Waals surface area contributed by atoms with Gasteiger partial charge in [-0.2, -0.15) is 0 Å². The summed E-state index contributed by atoms with van der Waals surface area (Å²) in [6.45, 7) is 0.616. The molecule has 3 aromatic heterocycles. The van der Waals surface area contributed by atoms with Crippen LogP contribution in [0.4, 0.5) is 0 Å². The number of nitrogens with one attached hydrogen (secondary N) is 1. The maximum atomic E-state index is 13.3. The van der Waals surface area contributed by atoms with Crippen LogP contribution >= 0.6 is 12.4 Å². The highest BCUT2D eigenvalue weighted by atomic mass is 35.5. The Labute approximate surface area is 197 Å². The van der Waals surface area contributed by atoms with Crippen molar-refractivity contribution in [2.75, 3.05) is 6.54 Å². The van der Waals surface area contributed by atoms with Crippen molar-refractivity contribution in [3.8, 4) is 0 Å². The number of nitrogens with two attached hydrogens (primary N) is 1. The lowest BCUT2D eigenvalue weighted by molar-refractivity contribution is -0.122. The molecule has 7 heteroatoms. The molecule has 3 N–H and O–H groups in total. The Morgan fingerprint density at radius 1 is 1.03 bits per heavy atom. The second-order valence-electron chi connectivity index (χ2n) is 8.80. The fourth-order valence-corrected chi connectivity index (χ4v) is 5.52. The monoisotopic (exact) mass is 460 g/mol. The molecule has 168 valence electrons. The van der Waals surface area contributed by atoms with E-state index in [1.807, 2.05) is 66.5 Å². The molecule has 2 amide bonds. The third kappa shape index (κ3) is 3.05. The highest BCUT2D eigenvalue weighted by molar-refractivity contribution is 6.50. The first-order valence-electron chi connectivity index (χ1n) is 11.0. The van der Waals surface area contributed by atoms with Gasteiger partial charge in [-0.1, -0.05) is 24.3 Å². The van der Waals surface area contributed by atoms with Crippen molar-refractivity contribution in [1.82, 2.24) is 14.3 Å². The summed E-state index contributed by atoms with van der Waals surface area (Å²) in [5, 5.41) is 3.54. The van der Waals surface area contributed by atoms with E-state index in [0.29, 0.717) is 23.6 Å². The lowest BCUT2D eigenvalue weighted by Crippen LogP contribution is -2.24. The number of hydrogen-bond donors (Lipinski definition) is 2. The first-order valence-corrected chi connectivity index (χ1v) is 11.0. The minimum atomic E-state index is -0.337. The number of rotatable bonds is 3. The SMILES string of the molecule is Cl.Cn1cc(C2=C(c3c4c(n5ccccc35)CCC(CN)C4)C(=O)NC2=O)c2ccccc21. The van der Waals surface area contributed by atoms with Gasteiger partial charge in [0, 0.05) is 47.2 Å². The van der Waals surface area contributed by atoms with Crippen LogP contribution in [0.3, 0.4) is 0 Å². The molecule has 0 saturated carbocycles. The first-order chi connectivity index (χ1) is 15.6. The largest absolute Gasteiger partial charge is 0.350 e. The maximum Gasteiger partial charge on any atom is 0.259 e. The van der Waals surface area contributed by atoms with Gasteiger partial charge in [-0.25, -0.2) is 0 Å². The van der Waals surface area contributed by atoms with Gasteiger partial charge in [0.2, 0.25) is 0 Å². The van der Waals surface area contributed by atoms with E-state index in [9.17, 15) is 9.59 Å². The molecule has 1 aliphatic carbocycles. The molecule has 1 atom stereocenters. The third-order valence-corrected chi connectivity index (χ3v) is 7.02. The maximum absolute atomic E-state index is 13.3. The second kappa shape index (κ2) is 7.90. The second-order valence-corrected chi connectivity index (χ2v) is 8.80. The van der Waals surface area contributed by atoms with Crippen LogP contribution in [0.15, 0.2) is 54.9 Å². The highest BCUT2D eigenvalue weighted by Crippen LogP contribution is 2.42. The fraction of sp³-hybridized carbons (Fsp3) is 0.231.